The number of fused-ring (bicyclic) bond motifs is 1. The van der Waals surface area contributed by atoms with E-state index >= 15 is 0 Å². The van der Waals surface area contributed by atoms with Crippen molar-refractivity contribution in [2.75, 3.05) is 19.7 Å². The van der Waals surface area contributed by atoms with Gasteiger partial charge in [-0.3, -0.25) is 0 Å². The maximum atomic E-state index is 12.3. The highest BCUT2D eigenvalue weighted by atomic mass is 16.7. The van der Waals surface area contributed by atoms with Gasteiger partial charge >= 0.3 is 12.2 Å². The monoisotopic (exact) mass is 325 g/mol. The average molecular weight is 325 g/mol. The van der Waals surface area contributed by atoms with Crippen LogP contribution < -0.4 is 0 Å². The van der Waals surface area contributed by atoms with Crippen LogP contribution in [0.2, 0.25) is 0 Å². The first kappa shape index (κ1) is 17.6. The highest BCUT2D eigenvalue weighted by Crippen LogP contribution is 2.37. The molecule has 4 atom stereocenters. The third-order valence-electron chi connectivity index (χ3n) is 4.16. The van der Waals surface area contributed by atoms with Gasteiger partial charge in [0.05, 0.1) is 6.61 Å². The van der Waals surface area contributed by atoms with Gasteiger partial charge in [0.1, 0.15) is 11.7 Å². The van der Waals surface area contributed by atoms with Crippen molar-refractivity contribution in [3.8, 4) is 0 Å². The van der Waals surface area contributed by atoms with E-state index in [-0.39, 0.29) is 36.6 Å². The number of ether oxygens (including phenoxy) is 3. The lowest BCUT2D eigenvalue weighted by Crippen LogP contribution is -2.39. The van der Waals surface area contributed by atoms with Crippen LogP contribution in [0.15, 0.2) is 12.2 Å². The molecular weight excluding hydrogens is 298 g/mol. The summed E-state index contributed by atoms with van der Waals surface area (Å²) in [5.74, 6) is 0.351. The van der Waals surface area contributed by atoms with E-state index in [1.165, 1.54) is 0 Å². The Balaban J connectivity index is 2.04. The SMILES string of the molecule is CCOC(=O)OC1C(C)C=CC2CN(C(=O)OC(C)(C)C)CC21. The van der Waals surface area contributed by atoms with E-state index in [0.717, 1.165) is 0 Å². The number of carbonyl (C=O) groups is 2. The predicted molar refractivity (Wildman–Crippen MR) is 85.0 cm³/mol. The summed E-state index contributed by atoms with van der Waals surface area (Å²) in [4.78, 5) is 25.6. The standard InChI is InChI=1S/C17H27NO5/c1-6-21-16(20)22-14-11(2)7-8-12-9-18(10-13(12)14)15(19)23-17(3,4)5/h7-8,11-14H,6,9-10H2,1-5H3. The minimum atomic E-state index is -0.644. The minimum absolute atomic E-state index is 0.0759. The number of carbonyl (C=O) groups excluding carboxylic acids is 2. The summed E-state index contributed by atoms with van der Waals surface area (Å²) < 4.78 is 15.8. The van der Waals surface area contributed by atoms with Crippen LogP contribution in [0.5, 0.6) is 0 Å². The normalized spacial score (nSPS) is 29.9. The summed E-state index contributed by atoms with van der Waals surface area (Å²) in [5.41, 5.74) is -0.519. The molecule has 1 fully saturated rings. The molecule has 23 heavy (non-hydrogen) atoms. The van der Waals surface area contributed by atoms with Crippen LogP contribution in [0.4, 0.5) is 9.59 Å². The molecule has 130 valence electrons. The van der Waals surface area contributed by atoms with Crippen LogP contribution in [0.1, 0.15) is 34.6 Å². The Morgan fingerprint density at radius 3 is 2.52 bits per heavy atom. The third-order valence-corrected chi connectivity index (χ3v) is 4.16. The van der Waals surface area contributed by atoms with Gasteiger partial charge in [0.25, 0.3) is 0 Å². The van der Waals surface area contributed by atoms with Crippen molar-refractivity contribution in [2.45, 2.75) is 46.3 Å². The molecule has 0 N–H and O–H groups in total. The Morgan fingerprint density at radius 1 is 1.22 bits per heavy atom. The molecule has 2 aliphatic rings. The first-order valence-corrected chi connectivity index (χ1v) is 8.21. The lowest BCUT2D eigenvalue weighted by atomic mass is 9.79. The second kappa shape index (κ2) is 6.81. The zero-order valence-electron chi connectivity index (χ0n) is 14.6. The molecule has 6 heteroatoms. The molecule has 4 unspecified atom stereocenters. The Hall–Kier alpha value is -1.72. The van der Waals surface area contributed by atoms with Crippen molar-refractivity contribution in [1.82, 2.24) is 4.90 Å². The van der Waals surface area contributed by atoms with E-state index in [2.05, 4.69) is 6.08 Å². The molecule has 2 rings (SSSR count). The summed E-state index contributed by atoms with van der Waals surface area (Å²) in [5, 5.41) is 0. The van der Waals surface area contributed by atoms with Gasteiger partial charge in [-0.15, -0.1) is 0 Å². The van der Waals surface area contributed by atoms with Crippen molar-refractivity contribution in [2.24, 2.45) is 17.8 Å². The van der Waals surface area contributed by atoms with Crippen molar-refractivity contribution in [3.05, 3.63) is 12.2 Å². The van der Waals surface area contributed by atoms with Gasteiger partial charge in [-0.25, -0.2) is 9.59 Å². The van der Waals surface area contributed by atoms with Gasteiger partial charge in [0.2, 0.25) is 0 Å². The molecular formula is C17H27NO5. The smallest absolute Gasteiger partial charge is 0.444 e. The van der Waals surface area contributed by atoms with Crippen LogP contribution in [0.25, 0.3) is 0 Å². The molecule has 6 nitrogen and oxygen atoms in total. The quantitative estimate of drug-likeness (QED) is 0.576. The second-order valence-electron chi connectivity index (χ2n) is 7.22. The Labute approximate surface area is 137 Å². The maximum absolute atomic E-state index is 12.3. The molecule has 1 aliphatic heterocycles. The fraction of sp³-hybridized carbons (Fsp3) is 0.765. The van der Waals surface area contributed by atoms with Crippen LogP contribution >= 0.6 is 0 Å². The molecule has 0 aromatic carbocycles. The highest BCUT2D eigenvalue weighted by Gasteiger charge is 2.45. The van der Waals surface area contributed by atoms with Gasteiger partial charge in [-0.1, -0.05) is 19.1 Å². The predicted octanol–water partition coefficient (Wildman–Crippen LogP) is 3.22. The molecule has 1 aliphatic carbocycles. The van der Waals surface area contributed by atoms with Gasteiger partial charge < -0.3 is 19.1 Å². The number of likely N-dealkylation sites (tertiary alicyclic amines) is 1. The van der Waals surface area contributed by atoms with Crippen LogP contribution in [0.3, 0.4) is 0 Å². The lowest BCUT2D eigenvalue weighted by molar-refractivity contribution is -0.0169. The van der Waals surface area contributed by atoms with Crippen molar-refractivity contribution < 1.29 is 23.8 Å². The van der Waals surface area contributed by atoms with E-state index < -0.39 is 11.8 Å². The number of nitrogens with zero attached hydrogens (tertiary/aromatic N) is 1. The Bertz CT molecular complexity index is 482. The van der Waals surface area contributed by atoms with Crippen molar-refractivity contribution in [3.63, 3.8) is 0 Å². The molecule has 0 aromatic heterocycles. The summed E-state index contributed by atoms with van der Waals surface area (Å²) in [7, 11) is 0. The molecule has 0 saturated carbocycles. The van der Waals surface area contributed by atoms with E-state index in [1.807, 2.05) is 33.8 Å². The van der Waals surface area contributed by atoms with Crippen molar-refractivity contribution >= 4 is 12.2 Å². The summed E-state index contributed by atoms with van der Waals surface area (Å²) in [6.45, 7) is 10.7. The minimum Gasteiger partial charge on any atom is -0.444 e. The Kier molecular flexibility index (Phi) is 5.22. The summed E-state index contributed by atoms with van der Waals surface area (Å²) in [6.07, 6.45) is 2.92. The van der Waals surface area contributed by atoms with E-state index in [0.29, 0.717) is 13.1 Å². The molecule has 1 amide bonds. The van der Waals surface area contributed by atoms with E-state index in [1.54, 1.807) is 11.8 Å². The van der Waals surface area contributed by atoms with Gasteiger partial charge in [0.15, 0.2) is 0 Å². The van der Waals surface area contributed by atoms with Gasteiger partial charge in [0, 0.05) is 30.8 Å². The summed E-state index contributed by atoms with van der Waals surface area (Å²) in [6, 6.07) is 0. The van der Waals surface area contributed by atoms with E-state index in [9.17, 15) is 9.59 Å². The highest BCUT2D eigenvalue weighted by molar-refractivity contribution is 5.68. The molecule has 0 aromatic rings. The van der Waals surface area contributed by atoms with Crippen LogP contribution in [0, 0.1) is 17.8 Å². The van der Waals surface area contributed by atoms with Crippen LogP contribution in [-0.2, 0) is 14.2 Å². The molecule has 1 heterocycles. The number of rotatable bonds is 2. The topological polar surface area (TPSA) is 65.1 Å². The fourth-order valence-electron chi connectivity index (χ4n) is 3.16. The number of hydrogen-bond donors (Lipinski definition) is 0. The van der Waals surface area contributed by atoms with Gasteiger partial charge in [-0.2, -0.15) is 0 Å². The Morgan fingerprint density at radius 2 is 1.91 bits per heavy atom. The molecule has 0 spiro atoms. The van der Waals surface area contributed by atoms with Crippen molar-refractivity contribution in [1.29, 1.82) is 0 Å². The first-order valence-electron chi connectivity index (χ1n) is 8.21. The summed E-state index contributed by atoms with van der Waals surface area (Å²) >= 11 is 0. The zero-order valence-corrected chi connectivity index (χ0v) is 14.6. The first-order chi connectivity index (χ1) is 10.7. The second-order valence-corrected chi connectivity index (χ2v) is 7.22. The largest absolute Gasteiger partial charge is 0.508 e. The molecule has 1 saturated heterocycles. The van der Waals surface area contributed by atoms with Gasteiger partial charge in [-0.05, 0) is 27.7 Å². The lowest BCUT2D eigenvalue weighted by Gasteiger charge is -2.32. The zero-order chi connectivity index (χ0) is 17.2. The fourth-order valence-corrected chi connectivity index (χ4v) is 3.16. The number of hydrogen-bond acceptors (Lipinski definition) is 5. The average Bonchev–Trinajstić information content (AvgIpc) is 2.85. The van der Waals surface area contributed by atoms with Crippen LogP contribution in [-0.4, -0.2) is 48.5 Å². The maximum Gasteiger partial charge on any atom is 0.508 e. The van der Waals surface area contributed by atoms with E-state index in [4.69, 9.17) is 14.2 Å². The molecule has 0 radical (unpaired) electrons. The third kappa shape index (κ3) is 4.39. The number of amides is 1. The molecule has 0 bridgehead atoms.